The highest BCUT2D eigenvalue weighted by molar-refractivity contribution is 7.89. The number of nitrogens with zero attached hydrogens (tertiary/aromatic N) is 3. The Kier molecular flexibility index (Phi) is 6.03. The quantitative estimate of drug-likeness (QED) is 0.551. The Bertz CT molecular complexity index is 1080. The van der Waals surface area contributed by atoms with Crippen LogP contribution in [0.15, 0.2) is 45.1 Å². The van der Waals surface area contributed by atoms with Gasteiger partial charge in [0.1, 0.15) is 6.10 Å². The molecule has 1 aliphatic rings. The molecule has 7 nitrogen and oxygen atoms in total. The Hall–Kier alpha value is -1.78. The molecular formula is C19H20ClN3O4S2. The predicted octanol–water partition coefficient (Wildman–Crippen LogP) is 4.36. The van der Waals surface area contributed by atoms with E-state index in [4.69, 9.17) is 20.9 Å². The number of ether oxygens (including phenoxy) is 1. The lowest BCUT2D eigenvalue weighted by Gasteiger charge is -2.26. The fourth-order valence-corrected chi connectivity index (χ4v) is 5.76. The van der Waals surface area contributed by atoms with Crippen molar-refractivity contribution >= 4 is 33.0 Å². The Labute approximate surface area is 178 Å². The predicted molar refractivity (Wildman–Crippen MR) is 111 cm³/mol. The lowest BCUT2D eigenvalue weighted by Crippen LogP contribution is -2.35. The summed E-state index contributed by atoms with van der Waals surface area (Å²) >= 11 is 7.87. The maximum atomic E-state index is 13.1. The van der Waals surface area contributed by atoms with Crippen molar-refractivity contribution in [3.05, 3.63) is 52.1 Å². The van der Waals surface area contributed by atoms with Gasteiger partial charge < -0.3 is 9.26 Å². The number of aromatic nitrogens is 2. The van der Waals surface area contributed by atoms with Gasteiger partial charge in [-0.2, -0.15) is 9.29 Å². The van der Waals surface area contributed by atoms with Gasteiger partial charge in [-0.05, 0) is 42.5 Å². The van der Waals surface area contributed by atoms with Crippen molar-refractivity contribution in [1.29, 1.82) is 0 Å². The van der Waals surface area contributed by atoms with Crippen molar-refractivity contribution in [2.24, 2.45) is 0 Å². The number of thiophene rings is 1. The molecule has 1 atom stereocenters. The molecule has 1 fully saturated rings. The number of hydrogen-bond acceptors (Lipinski definition) is 7. The summed E-state index contributed by atoms with van der Waals surface area (Å²) in [6, 6.07) is 8.41. The maximum absolute atomic E-state index is 13.1. The van der Waals surface area contributed by atoms with E-state index in [1.54, 1.807) is 12.1 Å². The second kappa shape index (κ2) is 8.53. The number of halogens is 1. The third-order valence-electron chi connectivity index (χ3n) is 4.85. The fourth-order valence-electron chi connectivity index (χ4n) is 3.35. The van der Waals surface area contributed by atoms with Gasteiger partial charge in [0.25, 0.3) is 5.89 Å². The fraction of sp³-hybridized carbons (Fsp3) is 0.368. The minimum Gasteiger partial charge on any atom is -0.368 e. The molecule has 0 aliphatic carbocycles. The first kappa shape index (κ1) is 20.5. The van der Waals surface area contributed by atoms with E-state index < -0.39 is 16.1 Å². The first-order chi connectivity index (χ1) is 14.0. The molecule has 1 saturated heterocycles. The van der Waals surface area contributed by atoms with Crippen LogP contribution in [0.2, 0.25) is 5.02 Å². The number of methoxy groups -OCH3 is 1. The summed E-state index contributed by atoms with van der Waals surface area (Å²) in [5, 5.41) is 6.31. The summed E-state index contributed by atoms with van der Waals surface area (Å²) in [6.45, 7) is 1.06. The SMILES string of the molecule is CO[C@H](c1noc(-c2cccs2)n1)c1cc(S(=O)(=O)N2CCCCC2)ccc1Cl. The molecule has 3 aromatic rings. The Morgan fingerprint density at radius 2 is 2.03 bits per heavy atom. The van der Waals surface area contributed by atoms with Crippen molar-refractivity contribution in [2.45, 2.75) is 30.3 Å². The number of benzene rings is 1. The Balaban J connectivity index is 1.69. The first-order valence-corrected chi connectivity index (χ1v) is 11.9. The van der Waals surface area contributed by atoms with Crippen LogP contribution in [0.3, 0.4) is 0 Å². The zero-order chi connectivity index (χ0) is 20.4. The molecule has 0 spiro atoms. The second-order valence-electron chi connectivity index (χ2n) is 6.70. The third-order valence-corrected chi connectivity index (χ3v) is 7.94. The normalized spacial score (nSPS) is 16.8. The first-order valence-electron chi connectivity index (χ1n) is 9.20. The Morgan fingerprint density at radius 1 is 1.24 bits per heavy atom. The lowest BCUT2D eigenvalue weighted by molar-refractivity contribution is 0.126. The number of rotatable bonds is 6. The van der Waals surface area contributed by atoms with Crippen LogP contribution >= 0.6 is 22.9 Å². The van der Waals surface area contributed by atoms with Crippen molar-refractivity contribution < 1.29 is 17.7 Å². The van der Waals surface area contributed by atoms with Crippen LogP contribution in [0, 0.1) is 0 Å². The van der Waals surface area contributed by atoms with Gasteiger partial charge >= 0.3 is 0 Å². The average molecular weight is 454 g/mol. The summed E-state index contributed by atoms with van der Waals surface area (Å²) in [4.78, 5) is 5.43. The zero-order valence-corrected chi connectivity index (χ0v) is 18.1. The van der Waals surface area contributed by atoms with E-state index >= 15 is 0 Å². The molecular weight excluding hydrogens is 434 g/mol. The summed E-state index contributed by atoms with van der Waals surface area (Å²) in [5.74, 6) is 0.663. The molecule has 0 N–H and O–H groups in total. The molecule has 1 aromatic carbocycles. The van der Waals surface area contributed by atoms with E-state index in [-0.39, 0.29) is 10.7 Å². The highest BCUT2D eigenvalue weighted by Crippen LogP contribution is 2.34. The van der Waals surface area contributed by atoms with Crippen molar-refractivity contribution in [3.63, 3.8) is 0 Å². The summed E-state index contributed by atoms with van der Waals surface area (Å²) in [5.41, 5.74) is 0.478. The van der Waals surface area contributed by atoms with E-state index in [9.17, 15) is 8.42 Å². The molecule has 0 unspecified atom stereocenters. The molecule has 0 radical (unpaired) electrons. The number of sulfonamides is 1. The minimum atomic E-state index is -3.60. The van der Waals surface area contributed by atoms with Gasteiger partial charge in [-0.1, -0.05) is 29.2 Å². The van der Waals surface area contributed by atoms with Gasteiger partial charge in [0.15, 0.2) is 0 Å². The van der Waals surface area contributed by atoms with E-state index in [1.165, 1.54) is 28.8 Å². The molecule has 4 rings (SSSR count). The second-order valence-corrected chi connectivity index (χ2v) is 9.99. The largest absolute Gasteiger partial charge is 0.368 e. The van der Waals surface area contributed by atoms with Crippen LogP contribution < -0.4 is 0 Å². The highest BCUT2D eigenvalue weighted by atomic mass is 35.5. The zero-order valence-electron chi connectivity index (χ0n) is 15.7. The van der Waals surface area contributed by atoms with Crippen LogP contribution in [0.4, 0.5) is 0 Å². The van der Waals surface area contributed by atoms with Gasteiger partial charge in [0.2, 0.25) is 15.8 Å². The molecule has 3 heterocycles. The Morgan fingerprint density at radius 3 is 2.72 bits per heavy atom. The summed E-state index contributed by atoms with van der Waals surface area (Å²) in [7, 11) is -2.10. The van der Waals surface area contributed by atoms with Gasteiger partial charge in [0, 0.05) is 30.8 Å². The van der Waals surface area contributed by atoms with Crippen molar-refractivity contribution in [1.82, 2.24) is 14.4 Å². The van der Waals surface area contributed by atoms with Crippen molar-refractivity contribution in [3.8, 4) is 10.8 Å². The summed E-state index contributed by atoms with van der Waals surface area (Å²) in [6.07, 6.45) is 2.04. The molecule has 2 aromatic heterocycles. The van der Waals surface area contributed by atoms with Gasteiger partial charge in [-0.25, -0.2) is 8.42 Å². The lowest BCUT2D eigenvalue weighted by atomic mass is 10.1. The molecule has 154 valence electrons. The molecule has 10 heteroatoms. The average Bonchev–Trinajstić information content (AvgIpc) is 3.42. The minimum absolute atomic E-state index is 0.183. The van der Waals surface area contributed by atoms with E-state index in [2.05, 4.69) is 10.1 Å². The highest BCUT2D eigenvalue weighted by Gasteiger charge is 2.29. The molecule has 0 bridgehead atoms. The standard InChI is InChI=1S/C19H20ClN3O4S2/c1-26-17(18-21-19(27-22-18)16-6-5-11-28-16)14-12-13(7-8-15(14)20)29(24,25)23-9-3-2-4-10-23/h5-8,11-12,17H,2-4,9-10H2,1H3/t17-/m0/s1. The van der Waals surface area contributed by atoms with E-state index in [0.717, 1.165) is 24.1 Å². The molecule has 0 amide bonds. The van der Waals surface area contributed by atoms with Crippen LogP contribution in [0.1, 0.15) is 36.8 Å². The van der Waals surface area contributed by atoms with Crippen molar-refractivity contribution in [2.75, 3.05) is 20.2 Å². The smallest absolute Gasteiger partial charge is 0.268 e. The van der Waals surface area contributed by atoms with Crippen LogP contribution in [0.5, 0.6) is 0 Å². The van der Waals surface area contributed by atoms with Crippen LogP contribution in [-0.4, -0.2) is 43.1 Å². The topological polar surface area (TPSA) is 85.5 Å². The van der Waals surface area contributed by atoms with E-state index in [1.807, 2.05) is 17.5 Å². The van der Waals surface area contributed by atoms with Gasteiger partial charge in [0.05, 0.1) is 9.77 Å². The number of hydrogen-bond donors (Lipinski definition) is 0. The molecule has 0 saturated carbocycles. The molecule has 1 aliphatic heterocycles. The monoisotopic (exact) mass is 453 g/mol. The summed E-state index contributed by atoms with van der Waals surface area (Å²) < 4.78 is 38.5. The van der Waals surface area contributed by atoms with E-state index in [0.29, 0.717) is 29.6 Å². The van der Waals surface area contributed by atoms with Gasteiger partial charge in [-0.3, -0.25) is 0 Å². The third kappa shape index (κ3) is 4.10. The maximum Gasteiger partial charge on any atom is 0.268 e. The van der Waals surface area contributed by atoms with Crippen LogP contribution in [0.25, 0.3) is 10.8 Å². The van der Waals surface area contributed by atoms with Gasteiger partial charge in [-0.15, -0.1) is 11.3 Å². The molecule has 29 heavy (non-hydrogen) atoms. The van der Waals surface area contributed by atoms with Crippen LogP contribution in [-0.2, 0) is 14.8 Å². The number of piperidine rings is 1.